The molecule has 2 saturated heterocycles. The minimum atomic E-state index is -0.638. The average molecular weight is 511 g/mol. The van der Waals surface area contributed by atoms with Gasteiger partial charge < -0.3 is 24.4 Å². The van der Waals surface area contributed by atoms with Gasteiger partial charge in [-0.15, -0.1) is 0 Å². The van der Waals surface area contributed by atoms with Gasteiger partial charge in [0, 0.05) is 19.3 Å². The average Bonchev–Trinajstić information content (AvgIpc) is 2.83. The molecule has 3 aliphatic heterocycles. The molecule has 6 atom stereocenters. The predicted octanol–water partition coefficient (Wildman–Crippen LogP) is 6.24. The molecule has 4 rings (SSSR count). The van der Waals surface area contributed by atoms with Crippen molar-refractivity contribution in [2.24, 2.45) is 11.8 Å². The Morgan fingerprint density at radius 3 is 2.78 bits per heavy atom. The standard InChI is InChI=1S/C31H42O6/c1-19(7-6-8-24-18-35-30(34)28-14-22(4)29(33)16-27(24)28)13-20(2)9-10-26-15-25(32)17-31(37-26)12-11-21(3)23(5)36-31/h6-9,14,16,19,21,23,25-26,32-33H,10-13,15,17-18H2,1-5H3/b7-6+,20-9+,24-8+/t19-,21-,23+,25-,26+,31-/m0/s1. The molecule has 0 amide bonds. The van der Waals surface area contributed by atoms with Crippen LogP contribution in [0.2, 0.25) is 0 Å². The lowest BCUT2D eigenvalue weighted by molar-refractivity contribution is -0.331. The van der Waals surface area contributed by atoms with Crippen molar-refractivity contribution >= 4 is 11.5 Å². The summed E-state index contributed by atoms with van der Waals surface area (Å²) in [5, 5.41) is 20.6. The van der Waals surface area contributed by atoms with E-state index in [0.29, 0.717) is 35.8 Å². The first-order valence-electron chi connectivity index (χ1n) is 13.6. The normalized spacial score (nSPS) is 32.5. The number of allylic oxidation sites excluding steroid dienone is 4. The van der Waals surface area contributed by atoms with Gasteiger partial charge in [0.05, 0.1) is 23.9 Å². The van der Waals surface area contributed by atoms with Gasteiger partial charge in [0.2, 0.25) is 0 Å². The van der Waals surface area contributed by atoms with Crippen LogP contribution in [0.1, 0.15) is 87.7 Å². The largest absolute Gasteiger partial charge is 0.508 e. The van der Waals surface area contributed by atoms with Gasteiger partial charge in [0.25, 0.3) is 0 Å². The Labute approximate surface area is 221 Å². The van der Waals surface area contributed by atoms with E-state index in [4.69, 9.17) is 14.2 Å². The topological polar surface area (TPSA) is 85.2 Å². The highest BCUT2D eigenvalue weighted by molar-refractivity contribution is 5.99. The molecule has 0 saturated carbocycles. The van der Waals surface area contributed by atoms with Crippen LogP contribution < -0.4 is 0 Å². The Hall–Kier alpha value is -2.41. The van der Waals surface area contributed by atoms with Gasteiger partial charge in [-0.25, -0.2) is 4.79 Å². The van der Waals surface area contributed by atoms with E-state index in [1.807, 2.05) is 12.2 Å². The van der Waals surface area contributed by atoms with Crippen molar-refractivity contribution in [2.75, 3.05) is 6.61 Å². The SMILES string of the molecule is C/C(=C\C[C@@H]1C[C@H](O)C[C@]2(CC[C@H](C)[C@@H](C)O2)O1)C[C@@H](C)/C=C/C=C1\COC(=O)c2cc(C)c(O)cc21. The van der Waals surface area contributed by atoms with Crippen LogP contribution in [0, 0.1) is 18.8 Å². The molecule has 2 N–H and O–H groups in total. The van der Waals surface area contributed by atoms with Gasteiger partial charge in [-0.3, -0.25) is 0 Å². The van der Waals surface area contributed by atoms with Crippen LogP contribution in [-0.2, 0) is 14.2 Å². The molecule has 1 aromatic rings. The molecule has 0 bridgehead atoms. The molecule has 0 unspecified atom stereocenters. The maximum absolute atomic E-state index is 12.1. The number of aliphatic hydroxyl groups is 1. The highest BCUT2D eigenvalue weighted by atomic mass is 16.7. The first-order valence-corrected chi connectivity index (χ1v) is 13.6. The van der Waals surface area contributed by atoms with Crippen LogP contribution in [0.25, 0.3) is 5.57 Å². The van der Waals surface area contributed by atoms with Gasteiger partial charge in [0.1, 0.15) is 12.4 Å². The van der Waals surface area contributed by atoms with Crippen molar-refractivity contribution in [3.05, 3.63) is 58.7 Å². The van der Waals surface area contributed by atoms with Gasteiger partial charge >= 0.3 is 5.97 Å². The number of rotatable bonds is 6. The minimum Gasteiger partial charge on any atom is -0.508 e. The zero-order chi connectivity index (χ0) is 26.7. The number of cyclic esters (lactones) is 1. The Morgan fingerprint density at radius 2 is 2.03 bits per heavy atom. The predicted molar refractivity (Wildman–Crippen MR) is 144 cm³/mol. The second-order valence-electron chi connectivity index (χ2n) is 11.4. The number of phenols is 1. The van der Waals surface area contributed by atoms with Gasteiger partial charge in [-0.1, -0.05) is 43.7 Å². The number of ether oxygens (including phenoxy) is 3. The van der Waals surface area contributed by atoms with Gasteiger partial charge in [-0.05, 0) is 80.7 Å². The van der Waals surface area contributed by atoms with Crippen molar-refractivity contribution in [3.8, 4) is 5.75 Å². The fourth-order valence-corrected chi connectivity index (χ4v) is 5.64. The molecule has 6 nitrogen and oxygen atoms in total. The van der Waals surface area contributed by atoms with E-state index in [9.17, 15) is 15.0 Å². The van der Waals surface area contributed by atoms with E-state index in [1.54, 1.807) is 19.1 Å². The number of fused-ring (bicyclic) bond motifs is 1. The molecule has 2 fully saturated rings. The van der Waals surface area contributed by atoms with Crippen molar-refractivity contribution < 1.29 is 29.2 Å². The molecule has 3 heterocycles. The molecule has 202 valence electrons. The zero-order valence-corrected chi connectivity index (χ0v) is 22.8. The number of phenolic OH excluding ortho intramolecular Hbond substituents is 1. The number of aliphatic hydroxyl groups excluding tert-OH is 1. The molecular weight excluding hydrogens is 468 g/mol. The third-order valence-corrected chi connectivity index (χ3v) is 8.02. The summed E-state index contributed by atoms with van der Waals surface area (Å²) in [5.74, 6) is 0.0163. The van der Waals surface area contributed by atoms with Gasteiger partial charge in [0.15, 0.2) is 5.79 Å². The summed E-state index contributed by atoms with van der Waals surface area (Å²) < 4.78 is 18.0. The molecule has 3 aliphatic rings. The molecule has 0 aromatic heterocycles. The van der Waals surface area contributed by atoms with Crippen LogP contribution >= 0.6 is 0 Å². The molecule has 6 heteroatoms. The van der Waals surface area contributed by atoms with Crippen LogP contribution in [0.3, 0.4) is 0 Å². The fourth-order valence-electron chi connectivity index (χ4n) is 5.64. The number of hydrogen-bond acceptors (Lipinski definition) is 6. The van der Waals surface area contributed by atoms with Crippen molar-refractivity contribution in [3.63, 3.8) is 0 Å². The number of benzene rings is 1. The summed E-state index contributed by atoms with van der Waals surface area (Å²) in [5.41, 5.74) is 4.03. The summed E-state index contributed by atoms with van der Waals surface area (Å²) >= 11 is 0. The second-order valence-corrected chi connectivity index (χ2v) is 11.4. The first-order chi connectivity index (χ1) is 17.5. The fraction of sp³-hybridized carbons (Fsp3) is 0.581. The molecule has 37 heavy (non-hydrogen) atoms. The van der Waals surface area contributed by atoms with Crippen LogP contribution in [0.4, 0.5) is 0 Å². The number of aryl methyl sites for hydroxylation is 1. The van der Waals surface area contributed by atoms with Crippen molar-refractivity contribution in [1.29, 1.82) is 0 Å². The third kappa shape index (κ3) is 6.73. The highest BCUT2D eigenvalue weighted by Gasteiger charge is 2.46. The maximum Gasteiger partial charge on any atom is 0.339 e. The maximum atomic E-state index is 12.1. The Bertz CT molecular complexity index is 1090. The minimum absolute atomic E-state index is 0.0379. The Morgan fingerprint density at radius 1 is 1.24 bits per heavy atom. The molecule has 0 aliphatic carbocycles. The van der Waals surface area contributed by atoms with Crippen LogP contribution in [0.5, 0.6) is 5.75 Å². The van der Waals surface area contributed by atoms with E-state index >= 15 is 0 Å². The molecule has 1 spiro atoms. The smallest absolute Gasteiger partial charge is 0.339 e. The molecule has 1 aromatic carbocycles. The lowest BCUT2D eigenvalue weighted by Crippen LogP contribution is -2.52. The van der Waals surface area contributed by atoms with E-state index in [2.05, 4.69) is 39.8 Å². The summed E-state index contributed by atoms with van der Waals surface area (Å²) in [6.45, 7) is 10.6. The summed E-state index contributed by atoms with van der Waals surface area (Å²) in [7, 11) is 0. The van der Waals surface area contributed by atoms with E-state index in [-0.39, 0.29) is 30.5 Å². The highest BCUT2D eigenvalue weighted by Crippen LogP contribution is 2.41. The van der Waals surface area contributed by atoms with Crippen LogP contribution in [0.15, 0.2) is 42.0 Å². The summed E-state index contributed by atoms with van der Waals surface area (Å²) in [4.78, 5) is 12.1. The third-order valence-electron chi connectivity index (χ3n) is 8.02. The quantitative estimate of drug-likeness (QED) is 0.348. The first kappa shape index (κ1) is 27.6. The Balaban J connectivity index is 1.33. The number of carbonyl (C=O) groups is 1. The number of hydrogen-bond donors (Lipinski definition) is 2. The second kappa shape index (κ2) is 11.5. The van der Waals surface area contributed by atoms with Crippen LogP contribution in [-0.4, -0.2) is 46.9 Å². The van der Waals surface area contributed by atoms with Crippen molar-refractivity contribution in [2.45, 2.75) is 97.2 Å². The lowest BCUT2D eigenvalue weighted by atomic mass is 9.86. The number of esters is 1. The zero-order valence-electron chi connectivity index (χ0n) is 22.8. The summed E-state index contributed by atoms with van der Waals surface area (Å²) in [6.07, 6.45) is 12.8. The number of carbonyl (C=O) groups excluding carboxylic acids is 1. The van der Waals surface area contributed by atoms with E-state index < -0.39 is 11.9 Å². The molecular formula is C31H42O6. The summed E-state index contributed by atoms with van der Waals surface area (Å²) in [6, 6.07) is 3.33. The monoisotopic (exact) mass is 510 g/mol. The lowest BCUT2D eigenvalue weighted by Gasteiger charge is -2.48. The van der Waals surface area contributed by atoms with E-state index in [0.717, 1.165) is 36.8 Å². The van der Waals surface area contributed by atoms with Crippen molar-refractivity contribution in [1.82, 2.24) is 0 Å². The number of aromatic hydroxyl groups is 1. The van der Waals surface area contributed by atoms with Gasteiger partial charge in [-0.2, -0.15) is 0 Å². The Kier molecular flexibility index (Phi) is 8.62. The molecule has 0 radical (unpaired) electrons. The van der Waals surface area contributed by atoms with E-state index in [1.165, 1.54) is 5.57 Å².